The van der Waals surface area contributed by atoms with E-state index in [2.05, 4.69) is 20.8 Å². The van der Waals surface area contributed by atoms with Gasteiger partial charge in [-0.2, -0.15) is 13.2 Å². The van der Waals surface area contributed by atoms with E-state index >= 15 is 0 Å². The molecule has 0 heterocycles. The van der Waals surface area contributed by atoms with Gasteiger partial charge in [0.1, 0.15) is 5.75 Å². The lowest BCUT2D eigenvalue weighted by atomic mass is 9.72. The number of hydrogen-bond donors (Lipinski definition) is 1. The molecule has 1 fully saturated rings. The smallest absolute Gasteiger partial charge is 0.416 e. The number of ether oxygens (including phenoxy) is 1. The van der Waals surface area contributed by atoms with Crippen LogP contribution in [0.25, 0.3) is 11.1 Å². The van der Waals surface area contributed by atoms with Crippen LogP contribution in [0, 0.1) is 11.3 Å². The number of carboxylic acid groups (broad SMARTS) is 1. The first-order chi connectivity index (χ1) is 15.8. The van der Waals surface area contributed by atoms with Gasteiger partial charge >= 0.3 is 12.1 Å². The number of aliphatic carboxylic acids is 1. The van der Waals surface area contributed by atoms with E-state index in [9.17, 15) is 18.0 Å². The summed E-state index contributed by atoms with van der Waals surface area (Å²) in [6, 6.07) is 11.0. The fourth-order valence-electron chi connectivity index (χ4n) is 4.55. The molecule has 1 N–H and O–H groups in total. The Labute approximate surface area is 199 Å². The zero-order chi connectivity index (χ0) is 25.1. The second-order valence-electron chi connectivity index (χ2n) is 10.3. The Morgan fingerprint density at radius 1 is 1.03 bits per heavy atom. The van der Waals surface area contributed by atoms with Crippen molar-refractivity contribution in [1.29, 1.82) is 0 Å². The highest BCUT2D eigenvalue weighted by Crippen LogP contribution is 2.40. The molecule has 2 aromatic rings. The van der Waals surface area contributed by atoms with Crippen molar-refractivity contribution in [2.24, 2.45) is 11.3 Å². The number of halogens is 3. The zero-order valence-corrected chi connectivity index (χ0v) is 20.3. The summed E-state index contributed by atoms with van der Waals surface area (Å²) in [5.74, 6) is -0.0850. The molecule has 0 atom stereocenters. The van der Waals surface area contributed by atoms with Gasteiger partial charge in [0.15, 0.2) is 0 Å². The Balaban J connectivity index is 1.84. The Bertz CT molecular complexity index is 989. The number of hydrogen-bond acceptors (Lipinski definition) is 3. The topological polar surface area (TPSA) is 49.8 Å². The third-order valence-corrected chi connectivity index (χ3v) is 6.72. The van der Waals surface area contributed by atoms with Crippen molar-refractivity contribution in [3.05, 3.63) is 48.0 Å². The average Bonchev–Trinajstić information content (AvgIpc) is 2.76. The first kappa shape index (κ1) is 25.9. The van der Waals surface area contributed by atoms with Gasteiger partial charge in [0.25, 0.3) is 0 Å². The van der Waals surface area contributed by atoms with Gasteiger partial charge in [-0.15, -0.1) is 0 Å². The molecule has 7 heteroatoms. The number of nitrogens with zero attached hydrogens (tertiary/aromatic N) is 1. The zero-order valence-electron chi connectivity index (χ0n) is 20.3. The summed E-state index contributed by atoms with van der Waals surface area (Å²) in [5, 5.41) is 8.92. The molecule has 0 bridgehead atoms. The van der Waals surface area contributed by atoms with Crippen molar-refractivity contribution >= 4 is 11.7 Å². The molecule has 2 aromatic carbocycles. The third kappa shape index (κ3) is 6.90. The van der Waals surface area contributed by atoms with E-state index in [1.54, 1.807) is 36.2 Å². The molecule has 0 spiro atoms. The number of carbonyl (C=O) groups is 1. The van der Waals surface area contributed by atoms with Crippen LogP contribution in [0.3, 0.4) is 0 Å². The second-order valence-corrected chi connectivity index (χ2v) is 10.3. The predicted octanol–water partition coefficient (Wildman–Crippen LogP) is 7.27. The fraction of sp³-hybridized carbons (Fsp3) is 0.519. The molecule has 0 aliphatic heterocycles. The number of benzene rings is 2. The van der Waals surface area contributed by atoms with Gasteiger partial charge in [0.05, 0.1) is 18.1 Å². The average molecular weight is 478 g/mol. The van der Waals surface area contributed by atoms with Crippen LogP contribution in [-0.4, -0.2) is 30.8 Å². The highest BCUT2D eigenvalue weighted by atomic mass is 19.4. The molecule has 34 heavy (non-hydrogen) atoms. The molecular weight excluding hydrogens is 443 g/mol. The second kappa shape index (κ2) is 10.3. The molecule has 0 aromatic heterocycles. The molecule has 0 amide bonds. The van der Waals surface area contributed by atoms with Crippen molar-refractivity contribution in [2.75, 3.05) is 18.5 Å². The number of rotatable bonds is 7. The van der Waals surface area contributed by atoms with Gasteiger partial charge in [-0.3, -0.25) is 4.79 Å². The molecule has 3 rings (SSSR count). The summed E-state index contributed by atoms with van der Waals surface area (Å²) in [4.78, 5) is 12.6. The van der Waals surface area contributed by atoms with Crippen LogP contribution < -0.4 is 9.64 Å². The lowest BCUT2D eigenvalue weighted by Gasteiger charge is -2.37. The predicted molar refractivity (Wildman–Crippen MR) is 128 cm³/mol. The molecule has 0 radical (unpaired) electrons. The van der Waals surface area contributed by atoms with Crippen molar-refractivity contribution < 1.29 is 27.8 Å². The minimum Gasteiger partial charge on any atom is -0.490 e. The Kier molecular flexibility index (Phi) is 7.84. The normalized spacial score (nSPS) is 19.0. The molecule has 0 unspecified atom stereocenters. The fourth-order valence-corrected chi connectivity index (χ4v) is 4.55. The van der Waals surface area contributed by atoms with Crippen LogP contribution >= 0.6 is 0 Å². The van der Waals surface area contributed by atoms with Gasteiger partial charge in [0.2, 0.25) is 0 Å². The van der Waals surface area contributed by atoms with Gasteiger partial charge in [-0.05, 0) is 78.5 Å². The highest BCUT2D eigenvalue weighted by Gasteiger charge is 2.33. The summed E-state index contributed by atoms with van der Waals surface area (Å²) >= 11 is 0. The summed E-state index contributed by atoms with van der Waals surface area (Å²) in [7, 11) is 1.76. The van der Waals surface area contributed by atoms with Crippen LogP contribution in [0.15, 0.2) is 42.5 Å². The third-order valence-electron chi connectivity index (χ3n) is 6.72. The van der Waals surface area contributed by atoms with Crippen LogP contribution in [0.4, 0.5) is 18.9 Å². The van der Waals surface area contributed by atoms with Gasteiger partial charge in [-0.25, -0.2) is 0 Å². The van der Waals surface area contributed by atoms with Crippen LogP contribution in [0.2, 0.25) is 0 Å². The summed E-state index contributed by atoms with van der Waals surface area (Å²) in [6.45, 7) is 6.98. The minimum atomic E-state index is -4.49. The van der Waals surface area contributed by atoms with E-state index in [0.29, 0.717) is 23.6 Å². The highest BCUT2D eigenvalue weighted by molar-refractivity contribution is 5.71. The quantitative estimate of drug-likeness (QED) is 0.456. The van der Waals surface area contributed by atoms with Crippen LogP contribution in [0.5, 0.6) is 5.75 Å². The first-order valence-corrected chi connectivity index (χ1v) is 11.8. The van der Waals surface area contributed by atoms with Gasteiger partial charge in [-0.1, -0.05) is 32.9 Å². The Morgan fingerprint density at radius 3 is 2.29 bits per heavy atom. The molecule has 0 saturated heterocycles. The standard InChI is InChI=1S/C27H34F3NO3/c1-26(2,3)20-8-10-23(11-9-20)34-24-16-19(14-21(17-24)27(28,29)30)18-6-5-7-22(15-18)31(4)13-12-25(32)33/h5-7,14-17,20,23H,8-13H2,1-4H3,(H,32,33)/t20-,23-. The van der Waals surface area contributed by atoms with Gasteiger partial charge < -0.3 is 14.7 Å². The van der Waals surface area contributed by atoms with E-state index < -0.39 is 17.7 Å². The summed E-state index contributed by atoms with van der Waals surface area (Å²) < 4.78 is 47.1. The summed E-state index contributed by atoms with van der Waals surface area (Å²) in [5.41, 5.74) is 1.25. The maximum Gasteiger partial charge on any atom is 0.416 e. The number of alkyl halides is 3. The van der Waals surface area contributed by atoms with E-state index in [0.717, 1.165) is 43.5 Å². The molecule has 4 nitrogen and oxygen atoms in total. The van der Waals surface area contributed by atoms with Crippen molar-refractivity contribution in [2.45, 2.75) is 65.2 Å². The number of anilines is 1. The minimum absolute atomic E-state index is 0.0280. The van der Waals surface area contributed by atoms with E-state index in [1.165, 1.54) is 0 Å². The van der Waals surface area contributed by atoms with Gasteiger partial charge in [0, 0.05) is 19.3 Å². The number of carboxylic acids is 1. The molecule has 1 aliphatic rings. The van der Waals surface area contributed by atoms with Crippen LogP contribution in [-0.2, 0) is 11.0 Å². The summed E-state index contributed by atoms with van der Waals surface area (Å²) in [6.07, 6.45) is -0.943. The SMILES string of the molecule is CN(CCC(=O)O)c1cccc(-c2cc(O[C@H]3CC[C@H](C(C)(C)C)CC3)cc(C(F)(F)F)c2)c1. The largest absolute Gasteiger partial charge is 0.490 e. The Morgan fingerprint density at radius 2 is 1.71 bits per heavy atom. The van der Waals surface area contributed by atoms with E-state index in [1.807, 2.05) is 6.07 Å². The first-order valence-electron chi connectivity index (χ1n) is 11.8. The van der Waals surface area contributed by atoms with Crippen molar-refractivity contribution in [3.8, 4) is 16.9 Å². The maximum absolute atomic E-state index is 13.7. The lowest BCUT2D eigenvalue weighted by Crippen LogP contribution is -2.30. The lowest BCUT2D eigenvalue weighted by molar-refractivity contribution is -0.138. The van der Waals surface area contributed by atoms with Crippen molar-refractivity contribution in [1.82, 2.24) is 0 Å². The van der Waals surface area contributed by atoms with Crippen molar-refractivity contribution in [3.63, 3.8) is 0 Å². The van der Waals surface area contributed by atoms with E-state index in [4.69, 9.17) is 9.84 Å². The molecule has 1 aliphatic carbocycles. The molecular formula is C27H34F3NO3. The Hall–Kier alpha value is -2.70. The molecule has 186 valence electrons. The van der Waals surface area contributed by atoms with Crippen LogP contribution in [0.1, 0.15) is 58.4 Å². The maximum atomic E-state index is 13.7. The van der Waals surface area contributed by atoms with E-state index in [-0.39, 0.29) is 23.7 Å². The molecule has 1 saturated carbocycles. The monoisotopic (exact) mass is 477 g/mol.